The van der Waals surface area contributed by atoms with E-state index in [1.807, 2.05) is 13.8 Å². The van der Waals surface area contributed by atoms with Crippen molar-refractivity contribution in [3.63, 3.8) is 0 Å². The van der Waals surface area contributed by atoms with Gasteiger partial charge in [-0.1, -0.05) is 0 Å². The zero-order chi connectivity index (χ0) is 13.1. The van der Waals surface area contributed by atoms with Crippen LogP contribution in [-0.4, -0.2) is 48.2 Å². The molecule has 0 radical (unpaired) electrons. The molecule has 2 atom stereocenters. The number of ether oxygens (including phenoxy) is 2. The first-order valence-corrected chi connectivity index (χ1v) is 6.08. The van der Waals surface area contributed by atoms with Crippen molar-refractivity contribution in [3.05, 3.63) is 18.0 Å². The number of carbonyl (C=O) groups is 1. The standard InChI is InChI=1S/C12H19N3O3/c1-8(2)15-5-4-9(14-15)12(16)13-10-6-18-7-11(10)17-3/h4-5,8,10-11H,6-7H2,1-3H3,(H,13,16)/t10-,11-/m0/s1. The molecule has 1 aromatic heterocycles. The highest BCUT2D eigenvalue weighted by atomic mass is 16.5. The van der Waals surface area contributed by atoms with Gasteiger partial charge in [0.25, 0.3) is 5.91 Å². The Bertz CT molecular complexity index is 416. The summed E-state index contributed by atoms with van der Waals surface area (Å²) in [7, 11) is 1.62. The summed E-state index contributed by atoms with van der Waals surface area (Å²) in [5.41, 5.74) is 0.422. The molecule has 1 aliphatic heterocycles. The Morgan fingerprint density at radius 1 is 1.61 bits per heavy atom. The Morgan fingerprint density at radius 2 is 2.39 bits per heavy atom. The third-order valence-electron chi connectivity index (χ3n) is 3.02. The van der Waals surface area contributed by atoms with Gasteiger partial charge >= 0.3 is 0 Å². The third kappa shape index (κ3) is 2.70. The predicted molar refractivity (Wildman–Crippen MR) is 65.5 cm³/mol. The molecular weight excluding hydrogens is 234 g/mol. The number of carbonyl (C=O) groups excluding carboxylic acids is 1. The Kier molecular flexibility index (Phi) is 3.98. The smallest absolute Gasteiger partial charge is 0.272 e. The number of methoxy groups -OCH3 is 1. The van der Waals surface area contributed by atoms with Crippen LogP contribution >= 0.6 is 0 Å². The van der Waals surface area contributed by atoms with Gasteiger partial charge in [-0.05, 0) is 19.9 Å². The normalized spacial score (nSPS) is 23.6. The summed E-state index contributed by atoms with van der Waals surface area (Å²) < 4.78 is 12.3. The lowest BCUT2D eigenvalue weighted by Gasteiger charge is -2.16. The molecule has 1 fully saturated rings. The number of amides is 1. The van der Waals surface area contributed by atoms with Crippen molar-refractivity contribution in [2.24, 2.45) is 0 Å². The van der Waals surface area contributed by atoms with Crippen molar-refractivity contribution in [2.75, 3.05) is 20.3 Å². The number of nitrogens with one attached hydrogen (secondary N) is 1. The maximum atomic E-state index is 12.0. The molecule has 18 heavy (non-hydrogen) atoms. The van der Waals surface area contributed by atoms with E-state index < -0.39 is 0 Å². The van der Waals surface area contributed by atoms with E-state index in [2.05, 4.69) is 10.4 Å². The van der Waals surface area contributed by atoms with Crippen LogP contribution in [0, 0.1) is 0 Å². The third-order valence-corrected chi connectivity index (χ3v) is 3.02. The van der Waals surface area contributed by atoms with E-state index in [0.717, 1.165) is 0 Å². The average molecular weight is 253 g/mol. The Hall–Kier alpha value is -1.40. The number of hydrogen-bond donors (Lipinski definition) is 1. The van der Waals surface area contributed by atoms with Crippen LogP contribution in [0.4, 0.5) is 0 Å². The summed E-state index contributed by atoms with van der Waals surface area (Å²) in [6.45, 7) is 5.03. The first-order valence-electron chi connectivity index (χ1n) is 6.08. The monoisotopic (exact) mass is 253 g/mol. The summed E-state index contributed by atoms with van der Waals surface area (Å²) >= 11 is 0. The molecule has 1 aliphatic rings. The zero-order valence-electron chi connectivity index (χ0n) is 10.9. The summed E-state index contributed by atoms with van der Waals surface area (Å²) in [6.07, 6.45) is 1.72. The molecule has 1 N–H and O–H groups in total. The van der Waals surface area contributed by atoms with E-state index in [1.165, 1.54) is 0 Å². The van der Waals surface area contributed by atoms with Crippen LogP contribution in [0.5, 0.6) is 0 Å². The second-order valence-electron chi connectivity index (χ2n) is 4.67. The molecule has 1 aromatic rings. The summed E-state index contributed by atoms with van der Waals surface area (Å²) in [6, 6.07) is 1.85. The molecule has 1 amide bonds. The second kappa shape index (κ2) is 5.49. The maximum absolute atomic E-state index is 12.0. The van der Waals surface area contributed by atoms with Crippen LogP contribution in [0.2, 0.25) is 0 Å². The Morgan fingerprint density at radius 3 is 3.00 bits per heavy atom. The van der Waals surface area contributed by atoms with Crippen molar-refractivity contribution in [2.45, 2.75) is 32.0 Å². The molecule has 0 aromatic carbocycles. The van der Waals surface area contributed by atoms with Crippen molar-refractivity contribution in [1.29, 1.82) is 0 Å². The first-order chi connectivity index (χ1) is 8.61. The van der Waals surface area contributed by atoms with Crippen LogP contribution in [0.15, 0.2) is 12.3 Å². The van der Waals surface area contributed by atoms with E-state index in [9.17, 15) is 4.79 Å². The van der Waals surface area contributed by atoms with Crippen molar-refractivity contribution in [1.82, 2.24) is 15.1 Å². The molecule has 0 spiro atoms. The van der Waals surface area contributed by atoms with E-state index >= 15 is 0 Å². The summed E-state index contributed by atoms with van der Waals surface area (Å²) in [5.74, 6) is -0.188. The lowest BCUT2D eigenvalue weighted by molar-refractivity contribution is 0.0683. The van der Waals surface area contributed by atoms with Crippen molar-refractivity contribution < 1.29 is 14.3 Å². The van der Waals surface area contributed by atoms with Gasteiger partial charge in [0.2, 0.25) is 0 Å². The summed E-state index contributed by atoms with van der Waals surface area (Å²) in [5, 5.41) is 7.11. The van der Waals surface area contributed by atoms with Crippen LogP contribution in [0.3, 0.4) is 0 Å². The van der Waals surface area contributed by atoms with Crippen LogP contribution in [0.25, 0.3) is 0 Å². The topological polar surface area (TPSA) is 65.4 Å². The van der Waals surface area contributed by atoms with Gasteiger partial charge in [-0.3, -0.25) is 9.48 Å². The van der Waals surface area contributed by atoms with Gasteiger partial charge in [-0.15, -0.1) is 0 Å². The largest absolute Gasteiger partial charge is 0.377 e. The van der Waals surface area contributed by atoms with Crippen LogP contribution in [-0.2, 0) is 9.47 Å². The van der Waals surface area contributed by atoms with Gasteiger partial charge in [0.1, 0.15) is 11.8 Å². The fourth-order valence-corrected chi connectivity index (χ4v) is 1.89. The van der Waals surface area contributed by atoms with Gasteiger partial charge in [-0.25, -0.2) is 0 Å². The fraction of sp³-hybridized carbons (Fsp3) is 0.667. The van der Waals surface area contributed by atoms with Gasteiger partial charge in [0.05, 0.1) is 19.3 Å². The highest BCUT2D eigenvalue weighted by Gasteiger charge is 2.30. The SMILES string of the molecule is CO[C@H]1COC[C@@H]1NC(=O)c1ccn(C(C)C)n1. The molecule has 0 bridgehead atoms. The molecule has 0 unspecified atom stereocenters. The number of hydrogen-bond acceptors (Lipinski definition) is 4. The highest BCUT2D eigenvalue weighted by Crippen LogP contribution is 2.10. The second-order valence-corrected chi connectivity index (χ2v) is 4.67. The molecule has 0 saturated carbocycles. The molecular formula is C12H19N3O3. The maximum Gasteiger partial charge on any atom is 0.272 e. The molecule has 6 heteroatoms. The van der Waals surface area contributed by atoms with Crippen molar-refractivity contribution in [3.8, 4) is 0 Å². The van der Waals surface area contributed by atoms with Gasteiger partial charge in [-0.2, -0.15) is 5.10 Å². The molecule has 1 saturated heterocycles. The molecule has 6 nitrogen and oxygen atoms in total. The quantitative estimate of drug-likeness (QED) is 0.853. The van der Waals surface area contributed by atoms with Gasteiger partial charge in [0, 0.05) is 19.3 Å². The van der Waals surface area contributed by atoms with Crippen molar-refractivity contribution >= 4 is 5.91 Å². The number of nitrogens with zero attached hydrogens (tertiary/aromatic N) is 2. The van der Waals surface area contributed by atoms with Crippen LogP contribution in [0.1, 0.15) is 30.4 Å². The zero-order valence-corrected chi connectivity index (χ0v) is 10.9. The number of rotatable bonds is 4. The Labute approximate surface area is 106 Å². The highest BCUT2D eigenvalue weighted by molar-refractivity contribution is 5.92. The average Bonchev–Trinajstić information content (AvgIpc) is 2.96. The minimum atomic E-state index is -0.188. The van der Waals surface area contributed by atoms with E-state index in [1.54, 1.807) is 24.1 Å². The minimum absolute atomic E-state index is 0.0823. The lowest BCUT2D eigenvalue weighted by atomic mass is 10.2. The summed E-state index contributed by atoms with van der Waals surface area (Å²) in [4.78, 5) is 12.0. The van der Waals surface area contributed by atoms with E-state index in [4.69, 9.17) is 9.47 Å². The van der Waals surface area contributed by atoms with Gasteiger partial charge in [0.15, 0.2) is 0 Å². The fourth-order valence-electron chi connectivity index (χ4n) is 1.89. The van der Waals surface area contributed by atoms with Gasteiger partial charge < -0.3 is 14.8 Å². The first kappa shape index (κ1) is 13.0. The molecule has 0 aliphatic carbocycles. The molecule has 2 heterocycles. The molecule has 100 valence electrons. The minimum Gasteiger partial charge on any atom is -0.377 e. The van der Waals surface area contributed by atoms with E-state index in [0.29, 0.717) is 18.9 Å². The predicted octanol–water partition coefficient (Wildman–Crippen LogP) is 0.608. The Balaban J connectivity index is 1.98. The molecule has 2 rings (SSSR count). The van der Waals surface area contributed by atoms with E-state index in [-0.39, 0.29) is 24.1 Å². The lowest BCUT2D eigenvalue weighted by Crippen LogP contribution is -2.43. The van der Waals surface area contributed by atoms with Crippen LogP contribution < -0.4 is 5.32 Å². The number of aromatic nitrogens is 2.